The predicted octanol–water partition coefficient (Wildman–Crippen LogP) is 0.945. The summed E-state index contributed by atoms with van der Waals surface area (Å²) in [6, 6.07) is 0. The second-order valence-electron chi connectivity index (χ2n) is 5.52. The zero-order valence-electron chi connectivity index (χ0n) is 15.5. The molecule has 0 atom stereocenters. The van der Waals surface area contributed by atoms with Crippen LogP contribution in [0.3, 0.4) is 0 Å². The van der Waals surface area contributed by atoms with E-state index in [0.29, 0.717) is 0 Å². The van der Waals surface area contributed by atoms with Crippen molar-refractivity contribution in [1.82, 2.24) is 0 Å². The average Bonchev–Trinajstić information content (AvgIpc) is 2.44. The minimum atomic E-state index is -0.171. The molecule has 0 amide bonds. The summed E-state index contributed by atoms with van der Waals surface area (Å²) < 4.78 is 0. The Bertz CT molecular complexity index is 189. The van der Waals surface area contributed by atoms with E-state index >= 15 is 0 Å². The third kappa shape index (κ3) is 29.9. The van der Waals surface area contributed by atoms with Crippen LogP contribution in [-0.4, -0.2) is 14.1 Å². The number of hydrogen-bond acceptors (Lipinski definition) is 0. The average molecular weight is 341 g/mol. The third-order valence-electron chi connectivity index (χ3n) is 3.91. The molecular formula is C18H39AlClNa. The molecule has 0 bridgehead atoms. The fourth-order valence-electron chi connectivity index (χ4n) is 2.23. The van der Waals surface area contributed by atoms with Crippen LogP contribution < -0.4 is 42.0 Å². The fraction of sp³-hybridized carbons (Fsp3) is 0.889. The molecule has 0 nitrogen and oxygen atoms in total. The largest absolute Gasteiger partial charge is 1.00 e. The van der Waals surface area contributed by atoms with Crippen LogP contribution in [0.15, 0.2) is 0 Å². The molecule has 0 N–H and O–H groups in total. The van der Waals surface area contributed by atoms with Gasteiger partial charge < -0.3 is 12.4 Å². The summed E-state index contributed by atoms with van der Waals surface area (Å²) >= 11 is -0.171. The Hall–Kier alpha value is 1.38. The zero-order chi connectivity index (χ0) is 14.8. The van der Waals surface area contributed by atoms with E-state index in [0.717, 1.165) is 6.42 Å². The smallest absolute Gasteiger partial charge is 1.00 e. The zero-order valence-corrected chi connectivity index (χ0v) is 19.4. The van der Waals surface area contributed by atoms with Crippen LogP contribution in [0.2, 0.25) is 15.8 Å². The van der Waals surface area contributed by atoms with Gasteiger partial charge in [0.1, 0.15) is 0 Å². The van der Waals surface area contributed by atoms with Gasteiger partial charge in [-0.05, 0) is 6.42 Å². The minimum absolute atomic E-state index is 0. The Labute approximate surface area is 170 Å². The number of unbranched alkanes of at least 4 members (excludes halogenated alkanes) is 8. The summed E-state index contributed by atoms with van der Waals surface area (Å²) in [5, 5.41) is 4.48. The Morgan fingerprint density at radius 2 is 1.14 bits per heavy atom. The van der Waals surface area contributed by atoms with Gasteiger partial charge in [-0.15, -0.1) is 12.3 Å². The molecule has 0 spiro atoms. The minimum Gasteiger partial charge on any atom is -1.00 e. The molecule has 0 aromatic carbocycles. The Morgan fingerprint density at radius 1 is 0.762 bits per heavy atom. The van der Waals surface area contributed by atoms with Crippen molar-refractivity contribution in [2.24, 2.45) is 0 Å². The predicted molar refractivity (Wildman–Crippen MR) is 95.4 cm³/mol. The van der Waals surface area contributed by atoms with E-state index in [1.54, 1.807) is 0 Å². The monoisotopic (exact) mass is 340 g/mol. The van der Waals surface area contributed by atoms with Crippen LogP contribution in [-0.2, 0) is 0 Å². The van der Waals surface area contributed by atoms with Gasteiger partial charge in [0, 0.05) is 7.85 Å². The van der Waals surface area contributed by atoms with Crippen molar-refractivity contribution in [2.75, 3.05) is 0 Å². The van der Waals surface area contributed by atoms with Crippen LogP contribution in [0.1, 0.15) is 86.9 Å². The van der Waals surface area contributed by atoms with Crippen molar-refractivity contribution in [3.63, 3.8) is 0 Å². The molecule has 0 fully saturated rings. The molecule has 0 aliphatic heterocycles. The molecule has 0 aromatic rings. The first-order valence-electron chi connectivity index (χ1n) is 8.70. The maximum absolute atomic E-state index is 5.16. The number of rotatable bonds is 11. The SMILES string of the molecule is C#CCCCCCCCCCC.C[CH2][Al]([CH2]C)[CH2]C.[Cl-].[HH].[Na+]. The standard InChI is InChI=1S/C12H22.3C2H5.Al.ClH.Na.H2/c1-3-5-7-9-11-12-10-8-6-4-2;3*1-2;;;;/h1H,4-12H2,2H3;3*1H2,2H3;;1H;;1H/q;;;;;;+1;/p-1. The van der Waals surface area contributed by atoms with Crippen molar-refractivity contribution < 1.29 is 43.4 Å². The van der Waals surface area contributed by atoms with E-state index < -0.39 is 0 Å². The number of hydrogen-bond donors (Lipinski definition) is 0. The molecule has 3 heteroatoms. The number of halogens is 1. The first kappa shape index (κ1) is 30.3. The maximum Gasteiger partial charge on any atom is 1.00 e. The summed E-state index contributed by atoms with van der Waals surface area (Å²) in [5.74, 6) is 2.68. The molecule has 0 saturated heterocycles. The van der Waals surface area contributed by atoms with Gasteiger partial charge in [-0.2, -0.15) is 0 Å². The van der Waals surface area contributed by atoms with Crippen molar-refractivity contribution in [1.29, 1.82) is 0 Å². The quantitative estimate of drug-likeness (QED) is 0.298. The van der Waals surface area contributed by atoms with Crippen LogP contribution in [0, 0.1) is 12.3 Å². The summed E-state index contributed by atoms with van der Waals surface area (Å²) in [4.78, 5) is 0. The van der Waals surface area contributed by atoms with Crippen LogP contribution in [0.5, 0.6) is 0 Å². The summed E-state index contributed by atoms with van der Waals surface area (Å²) in [7, 11) is 0. The summed E-state index contributed by atoms with van der Waals surface area (Å²) in [6.07, 6.45) is 17.1. The van der Waals surface area contributed by atoms with Gasteiger partial charge >= 0.3 is 29.6 Å². The first-order valence-corrected chi connectivity index (χ1v) is 11.1. The van der Waals surface area contributed by atoms with E-state index in [2.05, 4.69) is 33.6 Å². The first-order chi connectivity index (χ1) is 9.26. The van der Waals surface area contributed by atoms with Crippen molar-refractivity contribution >= 4 is 14.1 Å². The second kappa shape index (κ2) is 29.4. The molecule has 0 radical (unpaired) electrons. The third-order valence-corrected chi connectivity index (χ3v) is 7.37. The van der Waals surface area contributed by atoms with E-state index in [1.165, 1.54) is 67.2 Å². The molecule has 122 valence electrons. The summed E-state index contributed by atoms with van der Waals surface area (Å²) in [5.41, 5.74) is 0. The van der Waals surface area contributed by atoms with E-state index in [-0.39, 0.29) is 57.5 Å². The Morgan fingerprint density at radius 3 is 1.43 bits per heavy atom. The normalized spacial score (nSPS) is 8.52. The molecule has 0 aromatic heterocycles. The van der Waals surface area contributed by atoms with E-state index in [1.807, 2.05) is 0 Å². The molecule has 21 heavy (non-hydrogen) atoms. The van der Waals surface area contributed by atoms with Gasteiger partial charge in [0.25, 0.3) is 14.1 Å². The molecular weight excluding hydrogens is 302 g/mol. The summed E-state index contributed by atoms with van der Waals surface area (Å²) in [6.45, 7) is 9.23. The Balaban J connectivity index is -0.0000000850. The van der Waals surface area contributed by atoms with Gasteiger partial charge in [-0.1, -0.05) is 88.5 Å². The number of terminal acetylenes is 1. The van der Waals surface area contributed by atoms with Gasteiger partial charge in [-0.25, -0.2) is 0 Å². The van der Waals surface area contributed by atoms with Gasteiger partial charge in [0.15, 0.2) is 0 Å². The van der Waals surface area contributed by atoms with Gasteiger partial charge in [-0.3, -0.25) is 0 Å². The van der Waals surface area contributed by atoms with E-state index in [9.17, 15) is 0 Å². The van der Waals surface area contributed by atoms with Crippen LogP contribution in [0.25, 0.3) is 0 Å². The molecule has 0 unspecified atom stereocenters. The Kier molecular flexibility index (Phi) is 42.4. The van der Waals surface area contributed by atoms with E-state index in [4.69, 9.17) is 6.42 Å². The topological polar surface area (TPSA) is 0 Å². The van der Waals surface area contributed by atoms with Crippen LogP contribution in [0.4, 0.5) is 0 Å². The fourth-order valence-corrected chi connectivity index (χ4v) is 3.96. The molecule has 0 saturated carbocycles. The molecule has 0 aliphatic carbocycles. The van der Waals surface area contributed by atoms with Gasteiger partial charge in [0.2, 0.25) is 0 Å². The molecule has 0 aliphatic rings. The van der Waals surface area contributed by atoms with Crippen molar-refractivity contribution in [2.45, 2.75) is 101 Å². The van der Waals surface area contributed by atoms with Crippen LogP contribution >= 0.6 is 0 Å². The molecule has 0 rings (SSSR count). The second-order valence-corrected chi connectivity index (χ2v) is 9.70. The maximum atomic E-state index is 5.16. The van der Waals surface area contributed by atoms with Crippen molar-refractivity contribution in [3.8, 4) is 12.3 Å². The molecule has 0 heterocycles. The van der Waals surface area contributed by atoms with Crippen molar-refractivity contribution in [3.05, 3.63) is 0 Å². The van der Waals surface area contributed by atoms with Gasteiger partial charge in [0.05, 0.1) is 0 Å².